The van der Waals surface area contributed by atoms with E-state index in [0.29, 0.717) is 0 Å². The summed E-state index contributed by atoms with van der Waals surface area (Å²) in [6.45, 7) is 0. The van der Waals surface area contributed by atoms with E-state index in [4.69, 9.17) is 4.42 Å². The predicted molar refractivity (Wildman–Crippen MR) is 91.8 cm³/mol. The van der Waals surface area contributed by atoms with Gasteiger partial charge in [-0.1, -0.05) is 36.4 Å². The Labute approximate surface area is 125 Å². The van der Waals surface area contributed by atoms with Gasteiger partial charge in [-0.25, -0.2) is 0 Å². The highest BCUT2D eigenvalue weighted by Crippen LogP contribution is 2.41. The highest BCUT2D eigenvalue weighted by molar-refractivity contribution is 6.32. The first kappa shape index (κ1) is 10.7. The van der Waals surface area contributed by atoms with Crippen molar-refractivity contribution in [2.75, 3.05) is 0 Å². The maximum atomic E-state index is 6.30. The maximum absolute atomic E-state index is 6.30. The van der Waals surface area contributed by atoms with E-state index in [1.54, 1.807) is 0 Å². The molecule has 0 bridgehead atoms. The molecule has 0 saturated heterocycles. The lowest BCUT2D eigenvalue weighted by Gasteiger charge is -2.00. The first-order valence-electron chi connectivity index (χ1n) is 7.47. The third kappa shape index (κ3) is 1.10. The SMILES string of the molecule is c1cc2ccc3[nH]c4ccc5cccc6oc(c1)c2c3c4c56. The molecule has 0 aliphatic heterocycles. The molecule has 0 fully saturated rings. The van der Waals surface area contributed by atoms with Crippen molar-refractivity contribution in [3.05, 3.63) is 60.7 Å². The normalized spacial score (nSPS) is 12.5. The van der Waals surface area contributed by atoms with Gasteiger partial charge in [0.2, 0.25) is 0 Å². The minimum atomic E-state index is 0.938. The number of aromatic amines is 1. The lowest BCUT2D eigenvalue weighted by Crippen LogP contribution is -1.75. The van der Waals surface area contributed by atoms with Gasteiger partial charge in [0, 0.05) is 32.6 Å². The van der Waals surface area contributed by atoms with Gasteiger partial charge in [-0.05, 0) is 35.0 Å². The van der Waals surface area contributed by atoms with Crippen molar-refractivity contribution in [2.45, 2.75) is 0 Å². The first-order chi connectivity index (χ1) is 10.9. The van der Waals surface area contributed by atoms with Gasteiger partial charge in [-0.3, -0.25) is 0 Å². The summed E-state index contributed by atoms with van der Waals surface area (Å²) in [6.07, 6.45) is 0. The molecule has 1 N–H and O–H groups in total. The van der Waals surface area contributed by atoms with Crippen molar-refractivity contribution in [3.63, 3.8) is 0 Å². The molecule has 2 heteroatoms. The third-order valence-corrected chi connectivity index (χ3v) is 4.75. The second kappa shape index (κ2) is 3.42. The predicted octanol–water partition coefficient (Wildman–Crippen LogP) is 5.81. The third-order valence-electron chi connectivity index (χ3n) is 4.75. The van der Waals surface area contributed by atoms with Gasteiger partial charge in [-0.2, -0.15) is 0 Å². The van der Waals surface area contributed by atoms with Crippen LogP contribution in [0, 0.1) is 0 Å². The maximum Gasteiger partial charge on any atom is 0.135 e. The number of benzene rings is 4. The Morgan fingerprint density at radius 2 is 1.09 bits per heavy atom. The zero-order chi connectivity index (χ0) is 14.3. The van der Waals surface area contributed by atoms with Gasteiger partial charge in [0.25, 0.3) is 0 Å². The Morgan fingerprint density at radius 3 is 1.64 bits per heavy atom. The second-order valence-corrected chi connectivity index (χ2v) is 5.91. The highest BCUT2D eigenvalue weighted by Gasteiger charge is 2.16. The molecule has 0 saturated carbocycles. The van der Waals surface area contributed by atoms with E-state index < -0.39 is 0 Å². The summed E-state index contributed by atoms with van der Waals surface area (Å²) >= 11 is 0. The summed E-state index contributed by atoms with van der Waals surface area (Å²) in [7, 11) is 0. The molecule has 0 radical (unpaired) electrons. The van der Waals surface area contributed by atoms with Crippen LogP contribution >= 0.6 is 0 Å². The van der Waals surface area contributed by atoms with E-state index in [0.717, 1.165) is 11.2 Å². The van der Waals surface area contributed by atoms with Gasteiger partial charge in [-0.15, -0.1) is 0 Å². The Morgan fingerprint density at radius 1 is 0.545 bits per heavy atom. The standard InChI is InChI=1S/C20H11NO/c1-3-11-7-9-13-19-17(11)15(5-1)22-16-6-2-4-12-8-10-14(21-13)20(19)18(12)16/h1-10,21H. The lowest BCUT2D eigenvalue weighted by molar-refractivity contribution is 0.664. The molecule has 0 unspecified atom stereocenters. The molecule has 2 nitrogen and oxygen atoms in total. The summed E-state index contributed by atoms with van der Waals surface area (Å²) < 4.78 is 6.30. The summed E-state index contributed by atoms with van der Waals surface area (Å²) in [5, 5.41) is 7.40. The van der Waals surface area contributed by atoms with E-state index in [2.05, 4.69) is 65.6 Å². The van der Waals surface area contributed by atoms with E-state index in [1.165, 1.54) is 43.4 Å². The molecule has 2 aromatic heterocycles. The first-order valence-corrected chi connectivity index (χ1v) is 7.47. The molecule has 2 heterocycles. The van der Waals surface area contributed by atoms with Crippen molar-refractivity contribution >= 4 is 54.5 Å². The van der Waals surface area contributed by atoms with E-state index in [9.17, 15) is 0 Å². The fraction of sp³-hybridized carbons (Fsp3) is 0. The summed E-state index contributed by atoms with van der Waals surface area (Å²) in [5.41, 5.74) is 4.21. The van der Waals surface area contributed by atoms with Gasteiger partial charge >= 0.3 is 0 Å². The molecule has 4 aromatic carbocycles. The van der Waals surface area contributed by atoms with E-state index in [-0.39, 0.29) is 0 Å². The van der Waals surface area contributed by atoms with Crippen LogP contribution < -0.4 is 0 Å². The number of aromatic nitrogens is 1. The van der Waals surface area contributed by atoms with Crippen LogP contribution in [0.1, 0.15) is 0 Å². The molecule has 22 heavy (non-hydrogen) atoms. The molecular formula is C20H11NO. The van der Waals surface area contributed by atoms with Crippen LogP contribution in [0.5, 0.6) is 0 Å². The van der Waals surface area contributed by atoms with E-state index >= 15 is 0 Å². The van der Waals surface area contributed by atoms with Crippen LogP contribution in [0.15, 0.2) is 65.1 Å². The van der Waals surface area contributed by atoms with Crippen molar-refractivity contribution < 1.29 is 4.42 Å². The van der Waals surface area contributed by atoms with Gasteiger partial charge in [0.1, 0.15) is 11.2 Å². The summed E-state index contributed by atoms with van der Waals surface area (Å²) in [4.78, 5) is 3.56. The summed E-state index contributed by atoms with van der Waals surface area (Å²) in [5.74, 6) is 0. The van der Waals surface area contributed by atoms with Crippen LogP contribution in [0.3, 0.4) is 0 Å². The molecule has 102 valence electrons. The van der Waals surface area contributed by atoms with Gasteiger partial charge in [0.15, 0.2) is 0 Å². The monoisotopic (exact) mass is 281 g/mol. The Kier molecular flexibility index (Phi) is 1.66. The van der Waals surface area contributed by atoms with Gasteiger partial charge in [0.05, 0.1) is 0 Å². The summed E-state index contributed by atoms with van der Waals surface area (Å²) in [6, 6.07) is 21.2. The fourth-order valence-electron chi connectivity index (χ4n) is 3.85. The average Bonchev–Trinajstić information content (AvgIpc) is 2.86. The van der Waals surface area contributed by atoms with Crippen LogP contribution in [0.25, 0.3) is 54.5 Å². The van der Waals surface area contributed by atoms with Crippen LogP contribution in [-0.4, -0.2) is 4.98 Å². The largest absolute Gasteiger partial charge is 0.456 e. The van der Waals surface area contributed by atoms with E-state index in [1.807, 2.05) is 0 Å². The average molecular weight is 281 g/mol. The van der Waals surface area contributed by atoms with Gasteiger partial charge < -0.3 is 9.40 Å². The quantitative estimate of drug-likeness (QED) is 0.374. The smallest absolute Gasteiger partial charge is 0.135 e. The highest BCUT2D eigenvalue weighted by atomic mass is 16.3. The van der Waals surface area contributed by atoms with Crippen molar-refractivity contribution in [1.82, 2.24) is 4.98 Å². The molecule has 0 aliphatic carbocycles. The van der Waals surface area contributed by atoms with Crippen molar-refractivity contribution in [3.8, 4) is 0 Å². The van der Waals surface area contributed by atoms with Crippen LogP contribution in [-0.2, 0) is 0 Å². The number of H-pyrrole nitrogens is 1. The zero-order valence-corrected chi connectivity index (χ0v) is 11.7. The number of hydrogen-bond acceptors (Lipinski definition) is 1. The number of hydrogen-bond donors (Lipinski definition) is 1. The van der Waals surface area contributed by atoms with Crippen molar-refractivity contribution in [2.24, 2.45) is 0 Å². The Bertz CT molecular complexity index is 1220. The topological polar surface area (TPSA) is 28.9 Å². The molecular weight excluding hydrogens is 270 g/mol. The molecule has 6 aromatic rings. The second-order valence-electron chi connectivity index (χ2n) is 5.91. The molecule has 0 spiro atoms. The zero-order valence-electron chi connectivity index (χ0n) is 11.7. The number of rotatable bonds is 0. The lowest BCUT2D eigenvalue weighted by atomic mass is 10.00. The minimum absolute atomic E-state index is 0.938. The Balaban J connectivity index is 2.21. The minimum Gasteiger partial charge on any atom is -0.456 e. The molecule has 0 amide bonds. The molecule has 0 atom stereocenters. The van der Waals surface area contributed by atoms with Crippen LogP contribution in [0.2, 0.25) is 0 Å². The molecule has 0 aliphatic rings. The van der Waals surface area contributed by atoms with Crippen molar-refractivity contribution in [1.29, 1.82) is 0 Å². The van der Waals surface area contributed by atoms with Crippen LogP contribution in [0.4, 0.5) is 0 Å². The number of nitrogens with one attached hydrogen (secondary N) is 1. The molecule has 6 rings (SSSR count). The Hall–Kier alpha value is -3.00. The fourth-order valence-corrected chi connectivity index (χ4v) is 3.85.